The number of carboxylic acids is 1. The van der Waals surface area contributed by atoms with Gasteiger partial charge in [0.05, 0.1) is 11.2 Å². The van der Waals surface area contributed by atoms with Crippen molar-refractivity contribution in [2.24, 2.45) is 0 Å². The minimum atomic E-state index is -1.28. The summed E-state index contributed by atoms with van der Waals surface area (Å²) in [6.07, 6.45) is 1.81. The van der Waals surface area contributed by atoms with E-state index in [0.29, 0.717) is 11.4 Å². The summed E-state index contributed by atoms with van der Waals surface area (Å²) in [5, 5.41) is 10.5. The summed E-state index contributed by atoms with van der Waals surface area (Å²) in [4.78, 5) is 36.9. The predicted octanol–water partition coefficient (Wildman–Crippen LogP) is 1.07. The molecule has 0 spiro atoms. The largest absolute Gasteiger partial charge is 0.545 e. The van der Waals surface area contributed by atoms with Crippen LogP contribution in [0.2, 0.25) is 0 Å². The molecule has 112 valence electrons. The Morgan fingerprint density at radius 2 is 2.10 bits per heavy atom. The summed E-state index contributed by atoms with van der Waals surface area (Å²) in [6.45, 7) is 2.43. The first kappa shape index (κ1) is 15.6. The zero-order valence-corrected chi connectivity index (χ0v) is 12.5. The van der Waals surface area contributed by atoms with Crippen molar-refractivity contribution in [2.75, 3.05) is 6.54 Å². The van der Waals surface area contributed by atoms with Crippen LogP contribution in [0, 0.1) is 0 Å². The van der Waals surface area contributed by atoms with Crippen LogP contribution in [0.15, 0.2) is 29.2 Å². The van der Waals surface area contributed by atoms with Gasteiger partial charge in [0.1, 0.15) is 0 Å². The smallest absolute Gasteiger partial charge is 0.243 e. The van der Waals surface area contributed by atoms with Crippen LogP contribution >= 0.6 is 11.8 Å². The quantitative estimate of drug-likeness (QED) is 0.735. The first-order chi connectivity index (χ1) is 10.0. The lowest BCUT2D eigenvalue weighted by Gasteiger charge is -2.15. The summed E-state index contributed by atoms with van der Waals surface area (Å²) in [7, 11) is 0. The number of nitrogens with zero attached hydrogens (tertiary/aromatic N) is 1. The number of hydrogen-bond acceptors (Lipinski definition) is 5. The maximum absolute atomic E-state index is 12.2. The number of benzene rings is 1. The molecule has 1 unspecified atom stereocenters. The number of hydrogen-bond donors (Lipinski definition) is 0. The van der Waals surface area contributed by atoms with Gasteiger partial charge in [-0.2, -0.15) is 0 Å². The van der Waals surface area contributed by atoms with Crippen LogP contribution in [0.1, 0.15) is 36.5 Å². The molecule has 1 aromatic carbocycles. The second kappa shape index (κ2) is 6.76. The van der Waals surface area contributed by atoms with E-state index in [1.54, 1.807) is 18.2 Å². The summed E-state index contributed by atoms with van der Waals surface area (Å²) < 4.78 is 0. The third kappa shape index (κ3) is 3.44. The van der Waals surface area contributed by atoms with Crippen LogP contribution in [0.25, 0.3) is 0 Å². The van der Waals surface area contributed by atoms with Gasteiger partial charge in [-0.05, 0) is 12.5 Å². The van der Waals surface area contributed by atoms with Crippen LogP contribution < -0.4 is 5.11 Å². The molecule has 1 saturated heterocycles. The van der Waals surface area contributed by atoms with Gasteiger partial charge in [-0.15, -0.1) is 11.8 Å². The minimum Gasteiger partial charge on any atom is -0.545 e. The van der Waals surface area contributed by atoms with E-state index in [1.165, 1.54) is 11.0 Å². The molecule has 0 aromatic heterocycles. The maximum Gasteiger partial charge on any atom is 0.243 e. The topological polar surface area (TPSA) is 77.5 Å². The fourth-order valence-corrected chi connectivity index (χ4v) is 3.38. The Bertz CT molecular complexity index is 573. The molecule has 0 radical (unpaired) electrons. The van der Waals surface area contributed by atoms with E-state index in [-0.39, 0.29) is 23.8 Å². The minimum absolute atomic E-state index is 0.0507. The number of imide groups is 1. The van der Waals surface area contributed by atoms with Gasteiger partial charge in [0.25, 0.3) is 0 Å². The van der Waals surface area contributed by atoms with Crippen molar-refractivity contribution in [1.29, 1.82) is 0 Å². The highest BCUT2D eigenvalue weighted by molar-refractivity contribution is 8.00. The van der Waals surface area contributed by atoms with E-state index in [9.17, 15) is 19.5 Å². The Labute approximate surface area is 127 Å². The molecule has 5 nitrogen and oxygen atoms in total. The number of likely N-dealkylation sites (tertiary alicyclic amines) is 1. The SMILES string of the molecule is CCCCN1C(=O)CC(Sc2ccccc2C(=O)[O-])C1=O. The van der Waals surface area contributed by atoms with Gasteiger partial charge in [0.15, 0.2) is 0 Å². The molecule has 0 saturated carbocycles. The van der Waals surface area contributed by atoms with Crippen LogP contribution in [0.3, 0.4) is 0 Å². The van der Waals surface area contributed by atoms with Crippen molar-refractivity contribution < 1.29 is 19.5 Å². The molecule has 1 fully saturated rings. The summed E-state index contributed by atoms with van der Waals surface area (Å²) >= 11 is 1.12. The van der Waals surface area contributed by atoms with Gasteiger partial charge >= 0.3 is 0 Å². The highest BCUT2D eigenvalue weighted by Crippen LogP contribution is 2.33. The second-order valence-corrected chi connectivity index (χ2v) is 6.08. The van der Waals surface area contributed by atoms with E-state index in [2.05, 4.69) is 0 Å². The fourth-order valence-electron chi connectivity index (χ4n) is 2.19. The summed E-state index contributed by atoms with van der Waals surface area (Å²) in [5.74, 6) is -1.69. The molecule has 1 aliphatic heterocycles. The maximum atomic E-state index is 12.2. The van der Waals surface area contributed by atoms with Crippen molar-refractivity contribution in [1.82, 2.24) is 4.90 Å². The highest BCUT2D eigenvalue weighted by atomic mass is 32.2. The van der Waals surface area contributed by atoms with Gasteiger partial charge in [0.2, 0.25) is 11.8 Å². The number of carbonyl (C=O) groups is 3. The lowest BCUT2D eigenvalue weighted by Crippen LogP contribution is -2.32. The van der Waals surface area contributed by atoms with Crippen molar-refractivity contribution in [2.45, 2.75) is 36.3 Å². The molecule has 6 heteroatoms. The zero-order chi connectivity index (χ0) is 15.4. The number of unbranched alkanes of at least 4 members (excludes halogenated alkanes) is 1. The molecular weight excluding hydrogens is 290 g/mol. The molecule has 21 heavy (non-hydrogen) atoms. The number of carbonyl (C=O) groups excluding carboxylic acids is 3. The van der Waals surface area contributed by atoms with E-state index in [1.807, 2.05) is 6.92 Å². The predicted molar refractivity (Wildman–Crippen MR) is 76.7 cm³/mol. The normalized spacial score (nSPS) is 18.3. The third-order valence-electron chi connectivity index (χ3n) is 3.31. The van der Waals surface area contributed by atoms with E-state index in [0.717, 1.165) is 24.6 Å². The number of rotatable bonds is 6. The molecule has 1 aliphatic rings. The van der Waals surface area contributed by atoms with Crippen LogP contribution in [-0.2, 0) is 9.59 Å². The monoisotopic (exact) mass is 306 g/mol. The number of amides is 2. The Morgan fingerprint density at radius 3 is 2.76 bits per heavy atom. The van der Waals surface area contributed by atoms with Gasteiger partial charge in [-0.3, -0.25) is 14.5 Å². The molecule has 1 atom stereocenters. The standard InChI is InChI=1S/C15H17NO4S/c1-2-3-8-16-13(17)9-12(14(16)18)21-11-7-5-4-6-10(11)15(19)20/h4-7,12H,2-3,8-9H2,1H3,(H,19,20)/p-1. The molecule has 1 heterocycles. The van der Waals surface area contributed by atoms with Gasteiger partial charge in [-0.25, -0.2) is 0 Å². The lowest BCUT2D eigenvalue weighted by atomic mass is 10.2. The Balaban J connectivity index is 2.13. The van der Waals surface area contributed by atoms with Gasteiger partial charge in [0, 0.05) is 23.4 Å². The zero-order valence-electron chi connectivity index (χ0n) is 11.7. The van der Waals surface area contributed by atoms with Crippen molar-refractivity contribution in [3.05, 3.63) is 29.8 Å². The Morgan fingerprint density at radius 1 is 1.38 bits per heavy atom. The number of carboxylic acid groups (broad SMARTS) is 1. The molecule has 2 rings (SSSR count). The first-order valence-electron chi connectivity index (χ1n) is 6.85. The number of thioether (sulfide) groups is 1. The lowest BCUT2D eigenvalue weighted by molar-refractivity contribution is -0.255. The third-order valence-corrected chi connectivity index (χ3v) is 4.58. The number of aromatic carboxylic acids is 1. The van der Waals surface area contributed by atoms with E-state index >= 15 is 0 Å². The average molecular weight is 306 g/mol. The Kier molecular flexibility index (Phi) is 5.01. The van der Waals surface area contributed by atoms with Crippen LogP contribution in [0.4, 0.5) is 0 Å². The molecular formula is C15H16NO4S-. The molecule has 0 aliphatic carbocycles. The van der Waals surface area contributed by atoms with E-state index < -0.39 is 11.2 Å². The van der Waals surface area contributed by atoms with Gasteiger partial charge < -0.3 is 9.90 Å². The van der Waals surface area contributed by atoms with Crippen molar-refractivity contribution in [3.63, 3.8) is 0 Å². The Hall–Kier alpha value is -1.82. The summed E-state index contributed by atoms with van der Waals surface area (Å²) in [6, 6.07) is 6.37. The van der Waals surface area contributed by atoms with Crippen molar-refractivity contribution >= 4 is 29.5 Å². The van der Waals surface area contributed by atoms with Gasteiger partial charge in [-0.1, -0.05) is 31.5 Å². The second-order valence-electron chi connectivity index (χ2n) is 4.83. The molecule has 2 amide bonds. The highest BCUT2D eigenvalue weighted by Gasteiger charge is 2.38. The van der Waals surface area contributed by atoms with E-state index in [4.69, 9.17) is 0 Å². The average Bonchev–Trinajstić information content (AvgIpc) is 2.72. The molecule has 1 aromatic rings. The van der Waals surface area contributed by atoms with Crippen LogP contribution in [-0.4, -0.2) is 34.5 Å². The molecule has 0 N–H and O–H groups in total. The molecule has 0 bridgehead atoms. The van der Waals surface area contributed by atoms with Crippen LogP contribution in [0.5, 0.6) is 0 Å². The fraction of sp³-hybridized carbons (Fsp3) is 0.400. The summed E-state index contributed by atoms with van der Waals surface area (Å²) in [5.41, 5.74) is 0.0507. The van der Waals surface area contributed by atoms with Crippen molar-refractivity contribution in [3.8, 4) is 0 Å². The first-order valence-corrected chi connectivity index (χ1v) is 7.73.